The van der Waals surface area contributed by atoms with Crippen molar-refractivity contribution in [3.05, 3.63) is 29.3 Å². The summed E-state index contributed by atoms with van der Waals surface area (Å²) in [6, 6.07) is 4.75. The van der Waals surface area contributed by atoms with Crippen molar-refractivity contribution in [3.63, 3.8) is 0 Å². The molecule has 25 heavy (non-hydrogen) atoms. The van der Waals surface area contributed by atoms with Crippen LogP contribution in [0.3, 0.4) is 0 Å². The van der Waals surface area contributed by atoms with Crippen molar-refractivity contribution in [2.75, 3.05) is 22.0 Å². The highest BCUT2D eigenvalue weighted by Crippen LogP contribution is 2.27. The number of aryl methyl sites for hydroxylation is 1. The number of nitrogens with zero attached hydrogens (tertiary/aromatic N) is 2. The van der Waals surface area contributed by atoms with Crippen LogP contribution in [0.5, 0.6) is 0 Å². The summed E-state index contributed by atoms with van der Waals surface area (Å²) in [6.07, 6.45) is 1.08. The number of aromatic nitrogens is 2. The maximum absolute atomic E-state index is 12.3. The van der Waals surface area contributed by atoms with Gasteiger partial charge in [-0.1, -0.05) is 36.9 Å². The van der Waals surface area contributed by atoms with Gasteiger partial charge < -0.3 is 0 Å². The zero-order valence-corrected chi connectivity index (χ0v) is 16.8. The number of hydrogen-bond donors (Lipinski definition) is 2. The second-order valence-corrected chi connectivity index (χ2v) is 9.93. The first-order valence-electron chi connectivity index (χ1n) is 7.50. The lowest BCUT2D eigenvalue weighted by Gasteiger charge is -2.09. The molecule has 0 aliphatic heterocycles. The van der Waals surface area contributed by atoms with Crippen LogP contribution >= 0.6 is 23.1 Å². The minimum Gasteiger partial charge on any atom is -0.296 e. The van der Waals surface area contributed by atoms with E-state index < -0.39 is 10.0 Å². The number of hydrogen-bond acceptors (Lipinski definition) is 7. The van der Waals surface area contributed by atoms with Crippen molar-refractivity contribution >= 4 is 49.8 Å². The van der Waals surface area contributed by atoms with Crippen molar-refractivity contribution in [1.82, 2.24) is 10.2 Å². The van der Waals surface area contributed by atoms with E-state index in [1.165, 1.54) is 11.3 Å². The molecule has 0 saturated heterocycles. The molecular weight excluding hydrogens is 380 g/mol. The van der Waals surface area contributed by atoms with Crippen molar-refractivity contribution < 1.29 is 13.2 Å². The SMILES string of the molecule is Cc1cc(C(=O)Nc2nnc(SCC(C)C)s2)ccc1NS(C)(=O)=O. The Kier molecular flexibility index (Phi) is 6.42. The number of sulfonamides is 1. The van der Waals surface area contributed by atoms with E-state index in [2.05, 4.69) is 34.1 Å². The van der Waals surface area contributed by atoms with E-state index >= 15 is 0 Å². The van der Waals surface area contributed by atoms with E-state index in [0.717, 1.165) is 16.3 Å². The monoisotopic (exact) mass is 400 g/mol. The second-order valence-electron chi connectivity index (χ2n) is 5.94. The summed E-state index contributed by atoms with van der Waals surface area (Å²) >= 11 is 2.94. The van der Waals surface area contributed by atoms with Crippen molar-refractivity contribution in [2.24, 2.45) is 5.92 Å². The van der Waals surface area contributed by atoms with Gasteiger partial charge in [0.25, 0.3) is 5.91 Å². The highest BCUT2D eigenvalue weighted by molar-refractivity contribution is 8.01. The number of anilines is 2. The molecule has 7 nitrogen and oxygen atoms in total. The van der Waals surface area contributed by atoms with Crippen LogP contribution in [-0.4, -0.2) is 36.5 Å². The number of benzene rings is 1. The second kappa shape index (κ2) is 8.15. The number of carbonyl (C=O) groups excluding carboxylic acids is 1. The van der Waals surface area contributed by atoms with Crippen LogP contribution in [0.4, 0.5) is 10.8 Å². The van der Waals surface area contributed by atoms with Gasteiger partial charge in [-0.25, -0.2) is 8.42 Å². The Bertz CT molecular complexity index is 863. The molecule has 0 unspecified atom stereocenters. The summed E-state index contributed by atoms with van der Waals surface area (Å²) in [4.78, 5) is 12.3. The molecule has 1 aromatic heterocycles. The summed E-state index contributed by atoms with van der Waals surface area (Å²) in [5, 5.41) is 11.2. The number of nitrogens with one attached hydrogen (secondary N) is 2. The van der Waals surface area contributed by atoms with Crippen molar-refractivity contribution in [2.45, 2.75) is 25.1 Å². The normalized spacial score (nSPS) is 11.6. The van der Waals surface area contributed by atoms with E-state index in [1.807, 2.05) is 0 Å². The first-order chi connectivity index (χ1) is 11.6. The first kappa shape index (κ1) is 19.7. The van der Waals surface area contributed by atoms with E-state index in [1.54, 1.807) is 36.9 Å². The van der Waals surface area contributed by atoms with Crippen molar-refractivity contribution in [3.8, 4) is 0 Å². The Morgan fingerprint density at radius 2 is 2.04 bits per heavy atom. The Labute approximate surface area is 155 Å². The van der Waals surface area contributed by atoms with Gasteiger partial charge in [-0.2, -0.15) is 0 Å². The fourth-order valence-electron chi connectivity index (χ4n) is 1.85. The smallest absolute Gasteiger partial charge is 0.257 e. The molecule has 0 atom stereocenters. The van der Waals surface area contributed by atoms with E-state index in [-0.39, 0.29) is 5.91 Å². The quantitative estimate of drug-likeness (QED) is 0.547. The number of carbonyl (C=O) groups is 1. The molecule has 1 aromatic carbocycles. The van der Waals surface area contributed by atoms with Crippen LogP contribution in [0.25, 0.3) is 0 Å². The van der Waals surface area contributed by atoms with Crippen molar-refractivity contribution in [1.29, 1.82) is 0 Å². The lowest BCUT2D eigenvalue weighted by atomic mass is 10.1. The molecule has 10 heteroatoms. The van der Waals surface area contributed by atoms with Gasteiger partial charge >= 0.3 is 0 Å². The minimum atomic E-state index is -3.36. The third-order valence-electron chi connectivity index (χ3n) is 2.95. The zero-order chi connectivity index (χ0) is 18.6. The van der Waals surface area contributed by atoms with Crippen LogP contribution in [0, 0.1) is 12.8 Å². The zero-order valence-electron chi connectivity index (χ0n) is 14.4. The predicted molar refractivity (Wildman–Crippen MR) is 103 cm³/mol. The van der Waals surface area contributed by atoms with Gasteiger partial charge in [0.1, 0.15) is 0 Å². The summed E-state index contributed by atoms with van der Waals surface area (Å²) < 4.78 is 25.8. The lowest BCUT2D eigenvalue weighted by molar-refractivity contribution is 0.102. The highest BCUT2D eigenvalue weighted by atomic mass is 32.2. The topological polar surface area (TPSA) is 101 Å². The summed E-state index contributed by atoms with van der Waals surface area (Å²) in [5.74, 6) is 1.18. The van der Waals surface area contributed by atoms with Crippen LogP contribution in [0.2, 0.25) is 0 Å². The molecule has 1 amide bonds. The Morgan fingerprint density at radius 1 is 1.32 bits per heavy atom. The van der Waals surface area contributed by atoms with Gasteiger partial charge in [0.15, 0.2) is 4.34 Å². The minimum absolute atomic E-state index is 0.314. The van der Waals surface area contributed by atoms with Crippen LogP contribution < -0.4 is 10.0 Å². The molecule has 0 aliphatic rings. The van der Waals surface area contributed by atoms with Gasteiger partial charge in [-0.3, -0.25) is 14.8 Å². The molecule has 2 rings (SSSR count). The van der Waals surface area contributed by atoms with Crippen LogP contribution in [-0.2, 0) is 10.0 Å². The van der Waals surface area contributed by atoms with Gasteiger partial charge in [0, 0.05) is 11.3 Å². The van der Waals surface area contributed by atoms with E-state index in [9.17, 15) is 13.2 Å². The summed E-state index contributed by atoms with van der Waals surface area (Å²) in [7, 11) is -3.36. The molecule has 0 aliphatic carbocycles. The molecule has 2 aromatic rings. The molecule has 0 radical (unpaired) electrons. The lowest BCUT2D eigenvalue weighted by Crippen LogP contribution is -2.14. The predicted octanol–water partition coefficient (Wildman–Crippen LogP) is 3.22. The molecule has 136 valence electrons. The molecule has 0 fully saturated rings. The molecule has 0 bridgehead atoms. The fourth-order valence-corrected chi connectivity index (χ4v) is 4.20. The third-order valence-corrected chi connectivity index (χ3v) is 5.94. The maximum Gasteiger partial charge on any atom is 0.257 e. The van der Waals surface area contributed by atoms with Gasteiger partial charge in [0.2, 0.25) is 15.2 Å². The van der Waals surface area contributed by atoms with E-state index in [4.69, 9.17) is 0 Å². The fraction of sp³-hybridized carbons (Fsp3) is 0.400. The number of amides is 1. The molecular formula is C15H20N4O3S3. The van der Waals surface area contributed by atoms with Gasteiger partial charge in [0.05, 0.1) is 11.9 Å². The summed E-state index contributed by atoms with van der Waals surface area (Å²) in [5.41, 5.74) is 1.52. The average molecular weight is 401 g/mol. The average Bonchev–Trinajstić information content (AvgIpc) is 2.93. The molecule has 2 N–H and O–H groups in total. The van der Waals surface area contributed by atoms with Crippen LogP contribution in [0.1, 0.15) is 29.8 Å². The summed E-state index contributed by atoms with van der Waals surface area (Å²) in [6.45, 7) is 5.98. The number of thioether (sulfide) groups is 1. The number of rotatable bonds is 7. The first-order valence-corrected chi connectivity index (χ1v) is 11.2. The molecule has 0 saturated carbocycles. The maximum atomic E-state index is 12.3. The standard InChI is InChI=1S/C15H20N4O3S3/c1-9(2)8-23-15-18-17-14(24-15)16-13(20)11-5-6-12(10(3)7-11)19-25(4,21)22/h5-7,9,19H,8H2,1-4H3,(H,16,17,20). The van der Waals surface area contributed by atoms with Gasteiger partial charge in [-0.15, -0.1) is 10.2 Å². The Balaban J connectivity index is 2.05. The Hall–Kier alpha value is -1.65. The van der Waals surface area contributed by atoms with E-state index in [0.29, 0.717) is 27.9 Å². The Morgan fingerprint density at radius 3 is 2.64 bits per heavy atom. The molecule has 1 heterocycles. The van der Waals surface area contributed by atoms with Crippen LogP contribution in [0.15, 0.2) is 22.5 Å². The largest absolute Gasteiger partial charge is 0.296 e. The van der Waals surface area contributed by atoms with Gasteiger partial charge in [-0.05, 0) is 36.6 Å². The highest BCUT2D eigenvalue weighted by Gasteiger charge is 2.13. The molecule has 0 spiro atoms. The third kappa shape index (κ3) is 6.29.